The molecule has 118 valence electrons. The maximum Gasteiger partial charge on any atom is 0.257 e. The number of nitrogens with one attached hydrogen (secondary N) is 1. The SMILES string of the molecule is CS(=O)(=O)c1cc(C(=O)Nc2nc3ccccc3s2)ccc1Cl. The zero-order valence-corrected chi connectivity index (χ0v) is 14.3. The van der Waals surface area contributed by atoms with Crippen LogP contribution in [0.15, 0.2) is 47.4 Å². The molecule has 0 aliphatic rings. The number of carbonyl (C=O) groups excluding carboxylic acids is 1. The largest absolute Gasteiger partial charge is 0.298 e. The van der Waals surface area contributed by atoms with E-state index in [-0.39, 0.29) is 15.5 Å². The minimum Gasteiger partial charge on any atom is -0.298 e. The van der Waals surface area contributed by atoms with E-state index >= 15 is 0 Å². The van der Waals surface area contributed by atoms with Gasteiger partial charge < -0.3 is 0 Å². The average Bonchev–Trinajstić information content (AvgIpc) is 2.88. The Morgan fingerprint density at radius 2 is 1.96 bits per heavy atom. The van der Waals surface area contributed by atoms with Crippen LogP contribution in [0.4, 0.5) is 5.13 Å². The Labute approximate surface area is 141 Å². The van der Waals surface area contributed by atoms with E-state index in [9.17, 15) is 13.2 Å². The molecular weight excluding hydrogens is 356 g/mol. The molecule has 3 aromatic rings. The number of para-hydroxylation sites is 1. The number of nitrogens with zero attached hydrogens (tertiary/aromatic N) is 1. The lowest BCUT2D eigenvalue weighted by molar-refractivity contribution is 0.102. The van der Waals surface area contributed by atoms with Gasteiger partial charge in [0.15, 0.2) is 15.0 Å². The molecule has 0 spiro atoms. The average molecular weight is 367 g/mol. The maximum atomic E-state index is 12.3. The monoisotopic (exact) mass is 366 g/mol. The number of thiazole rings is 1. The number of rotatable bonds is 3. The Kier molecular flexibility index (Phi) is 4.09. The number of hydrogen-bond acceptors (Lipinski definition) is 5. The molecule has 1 N–H and O–H groups in total. The van der Waals surface area contributed by atoms with Crippen molar-refractivity contribution in [2.24, 2.45) is 0 Å². The van der Waals surface area contributed by atoms with Crippen molar-refractivity contribution in [3.8, 4) is 0 Å². The molecule has 0 bridgehead atoms. The van der Waals surface area contributed by atoms with Gasteiger partial charge in [-0.05, 0) is 30.3 Å². The highest BCUT2D eigenvalue weighted by molar-refractivity contribution is 7.90. The summed E-state index contributed by atoms with van der Waals surface area (Å²) in [5.41, 5.74) is 0.995. The van der Waals surface area contributed by atoms with Crippen molar-refractivity contribution in [3.63, 3.8) is 0 Å². The van der Waals surface area contributed by atoms with Crippen LogP contribution >= 0.6 is 22.9 Å². The van der Waals surface area contributed by atoms with Gasteiger partial charge in [0, 0.05) is 11.8 Å². The van der Waals surface area contributed by atoms with Crippen LogP contribution in [0.2, 0.25) is 5.02 Å². The van der Waals surface area contributed by atoms with Crippen LogP contribution < -0.4 is 5.32 Å². The Hall–Kier alpha value is -1.96. The molecule has 3 rings (SSSR count). The highest BCUT2D eigenvalue weighted by Gasteiger charge is 2.16. The number of anilines is 1. The van der Waals surface area contributed by atoms with Crippen LogP contribution in [0.1, 0.15) is 10.4 Å². The van der Waals surface area contributed by atoms with Gasteiger partial charge in [-0.1, -0.05) is 35.1 Å². The van der Waals surface area contributed by atoms with E-state index in [1.54, 1.807) is 0 Å². The standard InChI is InChI=1S/C15H11ClN2O3S2/c1-23(20,21)13-8-9(6-7-10(13)16)14(19)18-15-17-11-4-2-3-5-12(11)22-15/h2-8H,1H3,(H,17,18,19). The zero-order chi connectivity index (χ0) is 16.6. The van der Waals surface area contributed by atoms with Crippen molar-refractivity contribution in [1.29, 1.82) is 0 Å². The van der Waals surface area contributed by atoms with Crippen molar-refractivity contribution >= 4 is 54.0 Å². The number of sulfone groups is 1. The third kappa shape index (κ3) is 3.36. The molecule has 1 amide bonds. The molecule has 0 aliphatic carbocycles. The highest BCUT2D eigenvalue weighted by Crippen LogP contribution is 2.27. The van der Waals surface area contributed by atoms with Gasteiger partial charge in [0.05, 0.1) is 20.1 Å². The highest BCUT2D eigenvalue weighted by atomic mass is 35.5. The molecule has 2 aromatic carbocycles. The summed E-state index contributed by atoms with van der Waals surface area (Å²) in [5.74, 6) is -0.439. The maximum absolute atomic E-state index is 12.3. The normalized spacial score (nSPS) is 11.6. The Bertz CT molecular complexity index is 979. The first-order valence-electron chi connectivity index (χ1n) is 6.51. The number of carbonyl (C=O) groups is 1. The molecule has 0 radical (unpaired) electrons. The molecule has 0 atom stereocenters. The lowest BCUT2D eigenvalue weighted by Gasteiger charge is -2.06. The second-order valence-electron chi connectivity index (χ2n) is 4.86. The van der Waals surface area contributed by atoms with Crippen LogP contribution in [0.25, 0.3) is 10.2 Å². The minimum absolute atomic E-state index is 0.0730. The van der Waals surface area contributed by atoms with Gasteiger partial charge in [-0.25, -0.2) is 13.4 Å². The molecule has 1 aromatic heterocycles. The van der Waals surface area contributed by atoms with E-state index in [2.05, 4.69) is 10.3 Å². The third-order valence-corrected chi connectivity index (χ3v) is 5.64. The number of hydrogen-bond donors (Lipinski definition) is 1. The molecule has 0 unspecified atom stereocenters. The second kappa shape index (κ2) is 5.92. The van der Waals surface area contributed by atoms with E-state index < -0.39 is 15.7 Å². The molecule has 0 fully saturated rings. The van der Waals surface area contributed by atoms with Crippen molar-refractivity contribution in [2.45, 2.75) is 4.90 Å². The van der Waals surface area contributed by atoms with Crippen LogP contribution in [0, 0.1) is 0 Å². The summed E-state index contributed by atoms with van der Waals surface area (Å²) in [4.78, 5) is 16.5. The quantitative estimate of drug-likeness (QED) is 0.768. The number of halogens is 1. The summed E-state index contributed by atoms with van der Waals surface area (Å²) in [6, 6.07) is 11.7. The van der Waals surface area contributed by atoms with Crippen LogP contribution in [0.3, 0.4) is 0 Å². The Morgan fingerprint density at radius 3 is 2.65 bits per heavy atom. The molecule has 0 saturated heterocycles. The first-order chi connectivity index (χ1) is 10.8. The van der Waals surface area contributed by atoms with Gasteiger partial charge in [-0.3, -0.25) is 10.1 Å². The fourth-order valence-electron chi connectivity index (χ4n) is 2.02. The van der Waals surface area contributed by atoms with Gasteiger partial charge in [0.2, 0.25) is 0 Å². The number of benzene rings is 2. The van der Waals surface area contributed by atoms with Crippen LogP contribution in [0.5, 0.6) is 0 Å². The van der Waals surface area contributed by atoms with E-state index in [0.717, 1.165) is 16.5 Å². The molecule has 1 heterocycles. The Morgan fingerprint density at radius 1 is 1.22 bits per heavy atom. The molecule has 8 heteroatoms. The fraction of sp³-hybridized carbons (Fsp3) is 0.0667. The smallest absolute Gasteiger partial charge is 0.257 e. The molecule has 0 aliphatic heterocycles. The topological polar surface area (TPSA) is 76.1 Å². The van der Waals surface area contributed by atoms with Gasteiger partial charge in [-0.2, -0.15) is 0 Å². The number of aromatic nitrogens is 1. The number of amides is 1. The van der Waals surface area contributed by atoms with Crippen LogP contribution in [-0.2, 0) is 9.84 Å². The summed E-state index contributed by atoms with van der Waals surface area (Å²) < 4.78 is 24.3. The van der Waals surface area contributed by atoms with Gasteiger partial charge >= 0.3 is 0 Å². The summed E-state index contributed by atoms with van der Waals surface area (Å²) in [6.07, 6.45) is 1.05. The van der Waals surface area contributed by atoms with E-state index in [0.29, 0.717) is 5.13 Å². The lowest BCUT2D eigenvalue weighted by Crippen LogP contribution is -2.12. The van der Waals surface area contributed by atoms with Crippen molar-refractivity contribution in [3.05, 3.63) is 53.1 Å². The van der Waals surface area contributed by atoms with Crippen molar-refractivity contribution in [1.82, 2.24) is 4.98 Å². The van der Waals surface area contributed by atoms with Gasteiger partial charge in [0.1, 0.15) is 0 Å². The summed E-state index contributed by atoms with van der Waals surface area (Å²) in [7, 11) is -3.51. The number of fused-ring (bicyclic) bond motifs is 1. The summed E-state index contributed by atoms with van der Waals surface area (Å²) >= 11 is 7.22. The third-order valence-electron chi connectivity index (χ3n) is 3.11. The predicted octanol–water partition coefficient (Wildman–Crippen LogP) is 3.61. The summed E-state index contributed by atoms with van der Waals surface area (Å²) in [6.45, 7) is 0. The minimum atomic E-state index is -3.51. The lowest BCUT2D eigenvalue weighted by atomic mass is 10.2. The second-order valence-corrected chi connectivity index (χ2v) is 8.28. The summed E-state index contributed by atoms with van der Waals surface area (Å²) in [5, 5.41) is 3.21. The molecular formula is C15H11ClN2O3S2. The molecule has 0 saturated carbocycles. The molecule has 23 heavy (non-hydrogen) atoms. The zero-order valence-electron chi connectivity index (χ0n) is 11.9. The first kappa shape index (κ1) is 15.9. The van der Waals surface area contributed by atoms with Gasteiger partial charge in [-0.15, -0.1) is 0 Å². The van der Waals surface area contributed by atoms with Crippen LogP contribution in [-0.4, -0.2) is 25.6 Å². The van der Waals surface area contributed by atoms with E-state index in [1.165, 1.54) is 29.5 Å². The van der Waals surface area contributed by atoms with E-state index in [1.807, 2.05) is 24.3 Å². The fourth-order valence-corrected chi connectivity index (χ4v) is 4.19. The molecule has 5 nitrogen and oxygen atoms in total. The Balaban J connectivity index is 1.91. The van der Waals surface area contributed by atoms with E-state index in [4.69, 9.17) is 11.6 Å². The predicted molar refractivity (Wildman–Crippen MR) is 92.1 cm³/mol. The van der Waals surface area contributed by atoms with Gasteiger partial charge in [0.25, 0.3) is 5.91 Å². The van der Waals surface area contributed by atoms with Crippen molar-refractivity contribution in [2.75, 3.05) is 11.6 Å². The first-order valence-corrected chi connectivity index (χ1v) is 9.60. The van der Waals surface area contributed by atoms with Crippen molar-refractivity contribution < 1.29 is 13.2 Å².